The molecule has 7 heteroatoms. The molecule has 0 fully saturated rings. The van der Waals surface area contributed by atoms with E-state index >= 15 is 0 Å². The molecule has 0 aromatic carbocycles. The first-order valence-electron chi connectivity index (χ1n) is 5.12. The summed E-state index contributed by atoms with van der Waals surface area (Å²) in [4.78, 5) is 3.80. The number of nitrogens with two attached hydrogens (primary N) is 1. The highest BCUT2D eigenvalue weighted by Crippen LogP contribution is 2.38. The van der Waals surface area contributed by atoms with Crippen LogP contribution in [0.15, 0.2) is 18.5 Å². The van der Waals surface area contributed by atoms with Crippen molar-refractivity contribution < 1.29 is 13.2 Å². The second kappa shape index (κ2) is 4.01. The quantitative estimate of drug-likeness (QED) is 0.852. The van der Waals surface area contributed by atoms with Crippen LogP contribution in [-0.4, -0.2) is 14.8 Å². The lowest BCUT2D eigenvalue weighted by Gasteiger charge is -2.07. The minimum absolute atomic E-state index is 0.0183. The van der Waals surface area contributed by atoms with Crippen molar-refractivity contribution in [3.63, 3.8) is 0 Å². The average Bonchev–Trinajstić information content (AvgIpc) is 2.55. The third-order valence-electron chi connectivity index (χ3n) is 2.65. The van der Waals surface area contributed by atoms with Crippen molar-refractivity contribution in [1.82, 2.24) is 14.8 Å². The largest absolute Gasteiger partial charge is 0.435 e. The fourth-order valence-corrected chi connectivity index (χ4v) is 1.75. The molecule has 0 saturated heterocycles. The number of nitrogens with zero attached hydrogens (tertiary/aromatic N) is 3. The van der Waals surface area contributed by atoms with E-state index < -0.39 is 11.9 Å². The summed E-state index contributed by atoms with van der Waals surface area (Å²) in [5, 5.41) is 3.51. The Hall–Kier alpha value is -2.05. The Balaban J connectivity index is 2.70. The highest BCUT2D eigenvalue weighted by Gasteiger charge is 2.38. The monoisotopic (exact) mass is 256 g/mol. The van der Waals surface area contributed by atoms with Gasteiger partial charge >= 0.3 is 6.18 Å². The second-order valence-electron chi connectivity index (χ2n) is 3.94. The smallest absolute Gasteiger partial charge is 0.397 e. The molecule has 0 bridgehead atoms. The van der Waals surface area contributed by atoms with Gasteiger partial charge < -0.3 is 5.73 Å². The van der Waals surface area contributed by atoms with Gasteiger partial charge in [0.25, 0.3) is 0 Å². The molecule has 18 heavy (non-hydrogen) atoms. The lowest BCUT2D eigenvalue weighted by molar-refractivity contribution is -0.140. The van der Waals surface area contributed by atoms with E-state index in [0.717, 1.165) is 0 Å². The summed E-state index contributed by atoms with van der Waals surface area (Å²) in [5.41, 5.74) is 5.67. The third-order valence-corrected chi connectivity index (χ3v) is 2.65. The van der Waals surface area contributed by atoms with Gasteiger partial charge in [-0.15, -0.1) is 0 Å². The van der Waals surface area contributed by atoms with E-state index in [9.17, 15) is 13.2 Å². The predicted molar refractivity (Wildman–Crippen MR) is 60.6 cm³/mol. The Kier molecular flexibility index (Phi) is 2.76. The molecule has 0 aliphatic rings. The molecule has 0 atom stereocenters. The van der Waals surface area contributed by atoms with Crippen LogP contribution in [0.4, 0.5) is 18.9 Å². The number of pyridine rings is 1. The molecule has 4 nitrogen and oxygen atoms in total. The van der Waals surface area contributed by atoms with Crippen molar-refractivity contribution in [2.45, 2.75) is 13.1 Å². The van der Waals surface area contributed by atoms with Gasteiger partial charge in [0.15, 0.2) is 5.69 Å². The molecule has 2 rings (SSSR count). The molecular formula is C11H11F3N4. The van der Waals surface area contributed by atoms with Gasteiger partial charge in [0.1, 0.15) is 0 Å². The number of nitrogen functional groups attached to an aromatic ring is 1. The molecule has 0 aliphatic heterocycles. The van der Waals surface area contributed by atoms with E-state index in [1.54, 1.807) is 6.92 Å². The Labute approximate surface area is 101 Å². The van der Waals surface area contributed by atoms with Crippen LogP contribution in [0.5, 0.6) is 0 Å². The number of hydrogen-bond acceptors (Lipinski definition) is 3. The molecule has 0 spiro atoms. The molecule has 2 N–H and O–H groups in total. The molecule has 2 aromatic rings. The maximum Gasteiger partial charge on any atom is 0.435 e. The third kappa shape index (κ3) is 2.03. The fraction of sp³-hybridized carbons (Fsp3) is 0.273. The van der Waals surface area contributed by atoms with E-state index in [4.69, 9.17) is 5.73 Å². The minimum Gasteiger partial charge on any atom is -0.397 e. The van der Waals surface area contributed by atoms with Gasteiger partial charge in [-0.2, -0.15) is 18.3 Å². The van der Waals surface area contributed by atoms with Crippen LogP contribution >= 0.6 is 0 Å². The van der Waals surface area contributed by atoms with Crippen LogP contribution in [0, 0.1) is 6.92 Å². The van der Waals surface area contributed by atoms with Crippen LogP contribution in [0.25, 0.3) is 11.1 Å². The predicted octanol–water partition coefficient (Wildman–Crippen LogP) is 2.39. The van der Waals surface area contributed by atoms with E-state index in [0.29, 0.717) is 16.9 Å². The van der Waals surface area contributed by atoms with Crippen molar-refractivity contribution in [1.29, 1.82) is 0 Å². The molecule has 0 unspecified atom stereocenters. The van der Waals surface area contributed by atoms with Gasteiger partial charge in [-0.25, -0.2) is 0 Å². The van der Waals surface area contributed by atoms with Crippen LogP contribution in [0.3, 0.4) is 0 Å². The highest BCUT2D eigenvalue weighted by molar-refractivity contribution is 5.71. The summed E-state index contributed by atoms with van der Waals surface area (Å²) in [5.74, 6) is 0. The van der Waals surface area contributed by atoms with Crippen molar-refractivity contribution in [3.05, 3.63) is 29.8 Å². The van der Waals surface area contributed by atoms with Crippen LogP contribution in [-0.2, 0) is 13.2 Å². The fourth-order valence-electron chi connectivity index (χ4n) is 1.75. The summed E-state index contributed by atoms with van der Waals surface area (Å²) in [6.45, 7) is 1.57. The molecule has 2 heterocycles. The summed E-state index contributed by atoms with van der Waals surface area (Å²) in [6, 6.07) is 1.45. The van der Waals surface area contributed by atoms with Crippen molar-refractivity contribution in [2.75, 3.05) is 5.73 Å². The van der Waals surface area contributed by atoms with Gasteiger partial charge in [-0.1, -0.05) is 0 Å². The Morgan fingerprint density at radius 3 is 2.50 bits per heavy atom. The molecule has 0 radical (unpaired) electrons. The van der Waals surface area contributed by atoms with Crippen molar-refractivity contribution in [2.24, 2.45) is 7.05 Å². The van der Waals surface area contributed by atoms with Gasteiger partial charge in [0, 0.05) is 36.3 Å². The lowest BCUT2D eigenvalue weighted by atomic mass is 10.0. The van der Waals surface area contributed by atoms with E-state index in [-0.39, 0.29) is 5.56 Å². The van der Waals surface area contributed by atoms with Crippen LogP contribution in [0.1, 0.15) is 11.4 Å². The first kappa shape index (κ1) is 12.4. The number of hydrogen-bond donors (Lipinski definition) is 1. The maximum absolute atomic E-state index is 12.9. The summed E-state index contributed by atoms with van der Waals surface area (Å²) in [7, 11) is 1.47. The number of alkyl halides is 3. The van der Waals surface area contributed by atoms with Crippen molar-refractivity contribution >= 4 is 5.69 Å². The van der Waals surface area contributed by atoms with Gasteiger partial charge in [0.2, 0.25) is 0 Å². The second-order valence-corrected chi connectivity index (χ2v) is 3.94. The zero-order chi connectivity index (χ0) is 13.5. The summed E-state index contributed by atoms with van der Waals surface area (Å²) >= 11 is 0. The van der Waals surface area contributed by atoms with Crippen LogP contribution in [0.2, 0.25) is 0 Å². The standard InChI is InChI=1S/C11H11F3N4/c1-6-9(7-3-8(15)5-16-4-7)10(11(12,13)14)17-18(6)2/h3-5H,15H2,1-2H3. The first-order valence-corrected chi connectivity index (χ1v) is 5.12. The number of aryl methyl sites for hydroxylation is 1. The first-order chi connectivity index (χ1) is 8.30. The minimum atomic E-state index is -4.51. The molecule has 2 aromatic heterocycles. The summed E-state index contributed by atoms with van der Waals surface area (Å²) < 4.78 is 39.9. The van der Waals surface area contributed by atoms with E-state index in [1.165, 1.54) is 30.2 Å². The van der Waals surface area contributed by atoms with Gasteiger partial charge in [-0.05, 0) is 13.0 Å². The number of aromatic nitrogens is 3. The van der Waals surface area contributed by atoms with Crippen LogP contribution < -0.4 is 5.73 Å². The Morgan fingerprint density at radius 1 is 1.28 bits per heavy atom. The molecule has 0 amide bonds. The molecular weight excluding hydrogens is 245 g/mol. The highest BCUT2D eigenvalue weighted by atomic mass is 19.4. The maximum atomic E-state index is 12.9. The zero-order valence-corrected chi connectivity index (χ0v) is 9.78. The average molecular weight is 256 g/mol. The van der Waals surface area contributed by atoms with E-state index in [1.807, 2.05) is 0 Å². The van der Waals surface area contributed by atoms with Gasteiger partial charge in [-0.3, -0.25) is 9.67 Å². The van der Waals surface area contributed by atoms with Crippen molar-refractivity contribution in [3.8, 4) is 11.1 Å². The summed E-state index contributed by atoms with van der Waals surface area (Å²) in [6.07, 6.45) is -1.79. The van der Waals surface area contributed by atoms with E-state index in [2.05, 4.69) is 10.1 Å². The normalized spacial score (nSPS) is 11.8. The number of anilines is 1. The molecule has 0 aliphatic carbocycles. The molecule has 0 saturated carbocycles. The SMILES string of the molecule is Cc1c(-c2cncc(N)c2)c(C(F)(F)F)nn1C. The Bertz CT molecular complexity index is 586. The molecule has 96 valence electrons. The number of halogens is 3. The van der Waals surface area contributed by atoms with Gasteiger partial charge in [0.05, 0.1) is 5.69 Å². The number of rotatable bonds is 1. The Morgan fingerprint density at radius 2 is 1.94 bits per heavy atom. The topological polar surface area (TPSA) is 56.7 Å². The lowest BCUT2D eigenvalue weighted by Crippen LogP contribution is -2.08. The zero-order valence-electron chi connectivity index (χ0n) is 9.78.